The zero-order chi connectivity index (χ0) is 14.8. The number of fused-ring (bicyclic) bond motifs is 1. The van der Waals surface area contributed by atoms with Crippen LogP contribution in [0.2, 0.25) is 0 Å². The van der Waals surface area contributed by atoms with E-state index in [-0.39, 0.29) is 5.78 Å². The third-order valence-electron chi connectivity index (χ3n) is 4.01. The van der Waals surface area contributed by atoms with Gasteiger partial charge < -0.3 is 0 Å². The SMILES string of the molecule is Cc1ccc(CC(=O)c2ccc3ccccc3c2)cc1C. The van der Waals surface area contributed by atoms with Crippen molar-refractivity contribution < 1.29 is 4.79 Å². The van der Waals surface area contributed by atoms with Gasteiger partial charge in [0.25, 0.3) is 0 Å². The first kappa shape index (κ1) is 13.6. The number of rotatable bonds is 3. The van der Waals surface area contributed by atoms with Crippen LogP contribution < -0.4 is 0 Å². The van der Waals surface area contributed by atoms with Crippen molar-refractivity contribution in [2.45, 2.75) is 20.3 Å². The third-order valence-corrected chi connectivity index (χ3v) is 4.01. The lowest BCUT2D eigenvalue weighted by molar-refractivity contribution is 0.0993. The summed E-state index contributed by atoms with van der Waals surface area (Å²) in [5, 5.41) is 2.28. The molecule has 1 heteroatoms. The van der Waals surface area contributed by atoms with Crippen LogP contribution in [0.5, 0.6) is 0 Å². The van der Waals surface area contributed by atoms with Crippen LogP contribution in [-0.4, -0.2) is 5.78 Å². The molecule has 0 fully saturated rings. The molecule has 1 nitrogen and oxygen atoms in total. The Morgan fingerprint density at radius 2 is 1.57 bits per heavy atom. The van der Waals surface area contributed by atoms with E-state index in [0.29, 0.717) is 6.42 Å². The predicted octanol–water partition coefficient (Wildman–Crippen LogP) is 4.88. The lowest BCUT2D eigenvalue weighted by Gasteiger charge is -2.06. The second-order valence-corrected chi connectivity index (χ2v) is 5.58. The van der Waals surface area contributed by atoms with Gasteiger partial charge >= 0.3 is 0 Å². The van der Waals surface area contributed by atoms with Gasteiger partial charge in [-0.15, -0.1) is 0 Å². The molecular weight excluding hydrogens is 256 g/mol. The summed E-state index contributed by atoms with van der Waals surface area (Å²) in [6.45, 7) is 4.17. The molecular formula is C20H18O. The van der Waals surface area contributed by atoms with Gasteiger partial charge in [-0.1, -0.05) is 54.6 Å². The molecule has 0 bridgehead atoms. The molecule has 0 saturated heterocycles. The summed E-state index contributed by atoms with van der Waals surface area (Å²) in [6, 6.07) is 20.3. The van der Waals surface area contributed by atoms with Crippen molar-refractivity contribution in [2.24, 2.45) is 0 Å². The standard InChI is InChI=1S/C20H18O/c1-14-7-8-16(11-15(14)2)12-20(21)19-10-9-17-5-3-4-6-18(17)13-19/h3-11,13H,12H2,1-2H3. The van der Waals surface area contributed by atoms with Gasteiger partial charge in [0.05, 0.1) is 0 Å². The summed E-state index contributed by atoms with van der Waals surface area (Å²) < 4.78 is 0. The van der Waals surface area contributed by atoms with Crippen molar-refractivity contribution in [1.29, 1.82) is 0 Å². The molecule has 0 spiro atoms. The van der Waals surface area contributed by atoms with Crippen molar-refractivity contribution in [3.8, 4) is 0 Å². The van der Waals surface area contributed by atoms with Crippen molar-refractivity contribution in [2.75, 3.05) is 0 Å². The summed E-state index contributed by atoms with van der Waals surface area (Å²) >= 11 is 0. The summed E-state index contributed by atoms with van der Waals surface area (Å²) in [7, 11) is 0. The topological polar surface area (TPSA) is 17.1 Å². The second kappa shape index (κ2) is 5.53. The molecule has 0 aliphatic rings. The summed E-state index contributed by atoms with van der Waals surface area (Å²) in [6.07, 6.45) is 0.458. The summed E-state index contributed by atoms with van der Waals surface area (Å²) in [5.41, 5.74) is 4.36. The highest BCUT2D eigenvalue weighted by Crippen LogP contribution is 2.18. The van der Waals surface area contributed by atoms with Crippen LogP contribution in [0.3, 0.4) is 0 Å². The van der Waals surface area contributed by atoms with E-state index in [1.807, 2.05) is 42.5 Å². The molecule has 0 radical (unpaired) electrons. The second-order valence-electron chi connectivity index (χ2n) is 5.58. The zero-order valence-electron chi connectivity index (χ0n) is 12.4. The molecule has 0 heterocycles. The van der Waals surface area contributed by atoms with Crippen molar-refractivity contribution in [3.63, 3.8) is 0 Å². The lowest BCUT2D eigenvalue weighted by atomic mass is 9.98. The minimum Gasteiger partial charge on any atom is -0.294 e. The van der Waals surface area contributed by atoms with Crippen molar-refractivity contribution in [1.82, 2.24) is 0 Å². The van der Waals surface area contributed by atoms with Gasteiger partial charge in [0.2, 0.25) is 0 Å². The predicted molar refractivity (Wildman–Crippen MR) is 87.9 cm³/mol. The average molecular weight is 274 g/mol. The molecule has 0 aliphatic heterocycles. The molecule has 0 atom stereocenters. The van der Waals surface area contributed by atoms with Gasteiger partial charge in [0, 0.05) is 12.0 Å². The maximum absolute atomic E-state index is 12.5. The lowest BCUT2D eigenvalue weighted by Crippen LogP contribution is -2.04. The molecule has 3 aromatic carbocycles. The van der Waals surface area contributed by atoms with Gasteiger partial charge in [-0.05, 0) is 47.4 Å². The minimum absolute atomic E-state index is 0.170. The van der Waals surface area contributed by atoms with E-state index in [2.05, 4.69) is 32.0 Å². The Hall–Kier alpha value is -2.41. The molecule has 3 aromatic rings. The fourth-order valence-electron chi connectivity index (χ4n) is 2.56. The highest BCUT2D eigenvalue weighted by Gasteiger charge is 2.08. The van der Waals surface area contributed by atoms with Crippen LogP contribution in [0.4, 0.5) is 0 Å². The van der Waals surface area contributed by atoms with Crippen LogP contribution in [0.25, 0.3) is 10.8 Å². The monoisotopic (exact) mass is 274 g/mol. The fraction of sp³-hybridized carbons (Fsp3) is 0.150. The van der Waals surface area contributed by atoms with Crippen molar-refractivity contribution >= 4 is 16.6 Å². The van der Waals surface area contributed by atoms with Crippen LogP contribution >= 0.6 is 0 Å². The Labute approximate surface area is 125 Å². The van der Waals surface area contributed by atoms with Crippen LogP contribution in [0.1, 0.15) is 27.0 Å². The maximum Gasteiger partial charge on any atom is 0.167 e. The molecule has 0 N–H and O–H groups in total. The van der Waals surface area contributed by atoms with Gasteiger partial charge in [0.1, 0.15) is 0 Å². The normalized spacial score (nSPS) is 10.8. The minimum atomic E-state index is 0.170. The molecule has 0 unspecified atom stereocenters. The highest BCUT2D eigenvalue weighted by atomic mass is 16.1. The molecule has 0 amide bonds. The first-order valence-electron chi connectivity index (χ1n) is 7.21. The summed E-state index contributed by atoms with van der Waals surface area (Å²) in [4.78, 5) is 12.5. The summed E-state index contributed by atoms with van der Waals surface area (Å²) in [5.74, 6) is 0.170. The van der Waals surface area contributed by atoms with Crippen LogP contribution in [-0.2, 0) is 6.42 Å². The maximum atomic E-state index is 12.5. The largest absolute Gasteiger partial charge is 0.294 e. The number of carbonyl (C=O) groups excluding carboxylic acids is 1. The van der Waals surface area contributed by atoms with Gasteiger partial charge in [0.15, 0.2) is 5.78 Å². The number of carbonyl (C=O) groups is 1. The Morgan fingerprint density at radius 1 is 0.810 bits per heavy atom. The van der Waals surface area contributed by atoms with Crippen molar-refractivity contribution in [3.05, 3.63) is 82.9 Å². The van der Waals surface area contributed by atoms with Gasteiger partial charge in [-0.2, -0.15) is 0 Å². The number of hydrogen-bond acceptors (Lipinski definition) is 1. The van der Waals surface area contributed by atoms with E-state index in [1.54, 1.807) is 0 Å². The van der Waals surface area contributed by atoms with Crippen LogP contribution in [0.15, 0.2) is 60.7 Å². The Kier molecular flexibility index (Phi) is 3.57. The zero-order valence-corrected chi connectivity index (χ0v) is 12.4. The smallest absolute Gasteiger partial charge is 0.167 e. The highest BCUT2D eigenvalue weighted by molar-refractivity contribution is 6.01. The average Bonchev–Trinajstić information content (AvgIpc) is 2.50. The van der Waals surface area contributed by atoms with E-state index in [4.69, 9.17) is 0 Å². The number of hydrogen-bond donors (Lipinski definition) is 0. The van der Waals surface area contributed by atoms with E-state index >= 15 is 0 Å². The molecule has 0 aliphatic carbocycles. The Bertz CT molecular complexity index is 815. The number of ketones is 1. The molecule has 21 heavy (non-hydrogen) atoms. The third kappa shape index (κ3) is 2.87. The van der Waals surface area contributed by atoms with E-state index in [0.717, 1.165) is 16.5 Å². The molecule has 0 saturated carbocycles. The number of Topliss-reactive ketones (excluding diaryl/α,β-unsaturated/α-hetero) is 1. The molecule has 3 rings (SSSR count). The molecule has 104 valence electrons. The van der Waals surface area contributed by atoms with E-state index in [1.165, 1.54) is 16.5 Å². The van der Waals surface area contributed by atoms with Crippen LogP contribution in [0, 0.1) is 13.8 Å². The fourth-order valence-corrected chi connectivity index (χ4v) is 2.56. The number of benzene rings is 3. The van der Waals surface area contributed by atoms with E-state index < -0.39 is 0 Å². The van der Waals surface area contributed by atoms with Gasteiger partial charge in [-0.3, -0.25) is 4.79 Å². The first-order chi connectivity index (χ1) is 10.1. The Balaban J connectivity index is 1.87. The van der Waals surface area contributed by atoms with E-state index in [9.17, 15) is 4.79 Å². The first-order valence-corrected chi connectivity index (χ1v) is 7.21. The quantitative estimate of drug-likeness (QED) is 0.622. The van der Waals surface area contributed by atoms with Gasteiger partial charge in [-0.25, -0.2) is 0 Å². The number of aryl methyl sites for hydroxylation is 2. The molecule has 0 aromatic heterocycles. The Morgan fingerprint density at radius 3 is 2.33 bits per heavy atom.